The number of amides is 2. The number of rotatable bonds is 10. The SMILES string of the molecule is CC(C)(C)C(=O)NC(COCc1ccccc1)C(=O)Nc1cn(C(C(=O)O)c2ccccc2)cn1. The highest BCUT2D eigenvalue weighted by Crippen LogP contribution is 2.20. The summed E-state index contributed by atoms with van der Waals surface area (Å²) in [5, 5.41) is 15.1. The molecule has 35 heavy (non-hydrogen) atoms. The number of anilines is 1. The maximum atomic E-state index is 13.0. The lowest BCUT2D eigenvalue weighted by Crippen LogP contribution is -2.50. The van der Waals surface area contributed by atoms with Gasteiger partial charge < -0.3 is 25.0 Å². The van der Waals surface area contributed by atoms with Gasteiger partial charge in [0.25, 0.3) is 5.91 Å². The number of aromatic nitrogens is 2. The van der Waals surface area contributed by atoms with Crippen LogP contribution in [0, 0.1) is 5.41 Å². The van der Waals surface area contributed by atoms with Crippen LogP contribution in [0.1, 0.15) is 37.9 Å². The number of carboxylic acids is 1. The first kappa shape index (κ1) is 25.6. The van der Waals surface area contributed by atoms with Gasteiger partial charge in [0.1, 0.15) is 6.04 Å². The highest BCUT2D eigenvalue weighted by Gasteiger charge is 2.29. The Balaban J connectivity index is 1.71. The minimum Gasteiger partial charge on any atom is -0.479 e. The minimum absolute atomic E-state index is 0.0506. The molecule has 2 aromatic carbocycles. The van der Waals surface area contributed by atoms with Gasteiger partial charge in [0.15, 0.2) is 11.9 Å². The third-order valence-corrected chi connectivity index (χ3v) is 5.20. The summed E-state index contributed by atoms with van der Waals surface area (Å²) in [6.45, 7) is 5.48. The van der Waals surface area contributed by atoms with Crippen LogP contribution in [0.4, 0.5) is 5.82 Å². The van der Waals surface area contributed by atoms with Crippen molar-refractivity contribution in [1.82, 2.24) is 14.9 Å². The van der Waals surface area contributed by atoms with Crippen LogP contribution in [-0.4, -0.2) is 45.1 Å². The lowest BCUT2D eigenvalue weighted by atomic mass is 9.95. The second kappa shape index (κ2) is 11.4. The van der Waals surface area contributed by atoms with Crippen molar-refractivity contribution in [2.45, 2.75) is 39.5 Å². The van der Waals surface area contributed by atoms with Gasteiger partial charge in [0.05, 0.1) is 19.5 Å². The monoisotopic (exact) mass is 478 g/mol. The van der Waals surface area contributed by atoms with Gasteiger partial charge in [-0.2, -0.15) is 0 Å². The quantitative estimate of drug-likeness (QED) is 0.411. The molecule has 2 unspecified atom stereocenters. The van der Waals surface area contributed by atoms with Crippen molar-refractivity contribution in [2.24, 2.45) is 5.41 Å². The topological polar surface area (TPSA) is 123 Å². The molecule has 0 aliphatic carbocycles. The van der Waals surface area contributed by atoms with Crippen molar-refractivity contribution >= 4 is 23.6 Å². The Labute approximate surface area is 204 Å². The summed E-state index contributed by atoms with van der Waals surface area (Å²) in [5.41, 5.74) is 0.803. The number of carboxylic acid groups (broad SMARTS) is 1. The van der Waals surface area contributed by atoms with E-state index < -0.39 is 29.4 Å². The molecular formula is C26H30N4O5. The fourth-order valence-corrected chi connectivity index (χ4v) is 3.26. The molecule has 0 spiro atoms. The van der Waals surface area contributed by atoms with E-state index in [-0.39, 0.29) is 24.9 Å². The number of carbonyl (C=O) groups is 3. The molecular weight excluding hydrogens is 448 g/mol. The predicted molar refractivity (Wildman–Crippen MR) is 131 cm³/mol. The number of nitrogens with one attached hydrogen (secondary N) is 2. The first-order valence-corrected chi connectivity index (χ1v) is 11.2. The van der Waals surface area contributed by atoms with Crippen LogP contribution in [0.2, 0.25) is 0 Å². The molecule has 1 heterocycles. The standard InChI is InChI=1S/C26H30N4O5/c1-26(2,3)25(34)28-20(16-35-15-18-10-6-4-7-11-18)23(31)29-21-14-30(17-27-21)22(24(32)33)19-12-8-5-9-13-19/h4-14,17,20,22H,15-16H2,1-3H3,(H,28,34)(H,29,31)(H,32,33). The largest absolute Gasteiger partial charge is 0.479 e. The van der Waals surface area contributed by atoms with E-state index in [9.17, 15) is 19.5 Å². The molecule has 0 saturated carbocycles. The van der Waals surface area contributed by atoms with E-state index >= 15 is 0 Å². The van der Waals surface area contributed by atoms with Crippen LogP contribution in [0.25, 0.3) is 0 Å². The van der Waals surface area contributed by atoms with Gasteiger partial charge in [-0.3, -0.25) is 9.59 Å². The second-order valence-corrected chi connectivity index (χ2v) is 9.12. The second-order valence-electron chi connectivity index (χ2n) is 9.12. The Kier molecular flexibility index (Phi) is 8.38. The molecule has 9 heteroatoms. The van der Waals surface area contributed by atoms with Gasteiger partial charge in [0.2, 0.25) is 5.91 Å². The zero-order valence-corrected chi connectivity index (χ0v) is 20.0. The van der Waals surface area contributed by atoms with Crippen LogP contribution in [0.3, 0.4) is 0 Å². The molecule has 2 amide bonds. The van der Waals surface area contributed by atoms with Gasteiger partial charge in [-0.05, 0) is 11.1 Å². The highest BCUT2D eigenvalue weighted by atomic mass is 16.5. The molecule has 2 atom stereocenters. The summed E-state index contributed by atoms with van der Waals surface area (Å²) in [7, 11) is 0. The summed E-state index contributed by atoms with van der Waals surface area (Å²) < 4.78 is 7.11. The number of carbonyl (C=O) groups excluding carboxylic acids is 2. The smallest absolute Gasteiger partial charge is 0.331 e. The minimum atomic E-state index is -1.06. The van der Waals surface area contributed by atoms with Crippen molar-refractivity contribution in [1.29, 1.82) is 0 Å². The molecule has 3 rings (SSSR count). The molecule has 1 aromatic heterocycles. The molecule has 0 bridgehead atoms. The maximum Gasteiger partial charge on any atom is 0.331 e. The molecule has 0 radical (unpaired) electrons. The lowest BCUT2D eigenvalue weighted by molar-refractivity contribution is -0.139. The summed E-state index contributed by atoms with van der Waals surface area (Å²) in [4.78, 5) is 41.6. The summed E-state index contributed by atoms with van der Waals surface area (Å²) >= 11 is 0. The van der Waals surface area contributed by atoms with E-state index in [1.807, 2.05) is 30.3 Å². The molecule has 9 nitrogen and oxygen atoms in total. The number of aliphatic carboxylic acids is 1. The molecule has 3 N–H and O–H groups in total. The number of imidazole rings is 1. The zero-order valence-electron chi connectivity index (χ0n) is 20.0. The number of ether oxygens (including phenoxy) is 1. The maximum absolute atomic E-state index is 13.0. The summed E-state index contributed by atoms with van der Waals surface area (Å²) in [6.07, 6.45) is 2.78. The van der Waals surface area contributed by atoms with E-state index in [1.54, 1.807) is 51.1 Å². The molecule has 3 aromatic rings. The van der Waals surface area contributed by atoms with Crippen LogP contribution in [0.15, 0.2) is 73.2 Å². The van der Waals surface area contributed by atoms with Gasteiger partial charge in [0, 0.05) is 11.6 Å². The average molecular weight is 479 g/mol. The highest BCUT2D eigenvalue weighted by molar-refractivity contribution is 5.97. The average Bonchev–Trinajstić information content (AvgIpc) is 3.26. The van der Waals surface area contributed by atoms with Crippen molar-refractivity contribution in [2.75, 3.05) is 11.9 Å². The van der Waals surface area contributed by atoms with Crippen LogP contribution < -0.4 is 10.6 Å². The number of hydrogen-bond acceptors (Lipinski definition) is 5. The fourth-order valence-electron chi connectivity index (χ4n) is 3.26. The lowest BCUT2D eigenvalue weighted by Gasteiger charge is -2.23. The van der Waals surface area contributed by atoms with Crippen molar-refractivity contribution in [3.8, 4) is 0 Å². The van der Waals surface area contributed by atoms with E-state index in [0.29, 0.717) is 5.56 Å². The van der Waals surface area contributed by atoms with Gasteiger partial charge in [-0.15, -0.1) is 0 Å². The van der Waals surface area contributed by atoms with E-state index in [2.05, 4.69) is 15.6 Å². The van der Waals surface area contributed by atoms with Crippen LogP contribution in [-0.2, 0) is 25.7 Å². The Bertz CT molecular complexity index is 1140. The van der Waals surface area contributed by atoms with E-state index in [1.165, 1.54) is 17.1 Å². The zero-order chi connectivity index (χ0) is 25.4. The van der Waals surface area contributed by atoms with Crippen molar-refractivity contribution < 1.29 is 24.2 Å². The summed E-state index contributed by atoms with van der Waals surface area (Å²) in [6, 6.07) is 16.2. The van der Waals surface area contributed by atoms with E-state index in [0.717, 1.165) is 5.56 Å². The van der Waals surface area contributed by atoms with E-state index in [4.69, 9.17) is 4.74 Å². The predicted octanol–water partition coefficient (Wildman–Crippen LogP) is 3.24. The molecule has 0 aliphatic heterocycles. The number of nitrogens with zero attached hydrogens (tertiary/aromatic N) is 2. The Morgan fingerprint density at radius 1 is 1.03 bits per heavy atom. The molecule has 0 saturated heterocycles. The summed E-state index contributed by atoms with van der Waals surface area (Å²) in [5.74, 6) is -1.72. The Morgan fingerprint density at radius 2 is 1.66 bits per heavy atom. The van der Waals surface area contributed by atoms with Crippen LogP contribution >= 0.6 is 0 Å². The molecule has 0 fully saturated rings. The van der Waals surface area contributed by atoms with Crippen molar-refractivity contribution in [3.63, 3.8) is 0 Å². The van der Waals surface area contributed by atoms with Crippen LogP contribution in [0.5, 0.6) is 0 Å². The Morgan fingerprint density at radius 3 is 2.26 bits per heavy atom. The fraction of sp³-hybridized carbons (Fsp3) is 0.308. The normalized spacial score (nSPS) is 13.0. The number of benzene rings is 2. The van der Waals surface area contributed by atoms with Crippen molar-refractivity contribution in [3.05, 3.63) is 84.3 Å². The first-order valence-electron chi connectivity index (χ1n) is 11.2. The third kappa shape index (κ3) is 7.25. The first-order chi connectivity index (χ1) is 16.6. The number of hydrogen-bond donors (Lipinski definition) is 3. The molecule has 0 aliphatic rings. The molecule has 184 valence electrons. The third-order valence-electron chi connectivity index (χ3n) is 5.20. The van der Waals surface area contributed by atoms with Gasteiger partial charge in [-0.25, -0.2) is 9.78 Å². The van der Waals surface area contributed by atoms with Gasteiger partial charge in [-0.1, -0.05) is 81.4 Å². The van der Waals surface area contributed by atoms with Gasteiger partial charge >= 0.3 is 5.97 Å². The Hall–Kier alpha value is -3.98.